The molecule has 0 radical (unpaired) electrons. The number of hydrogen-bond acceptors (Lipinski definition) is 2. The van der Waals surface area contributed by atoms with Gasteiger partial charge in [0.2, 0.25) is 5.91 Å². The second-order valence-corrected chi connectivity index (χ2v) is 6.15. The summed E-state index contributed by atoms with van der Waals surface area (Å²) in [4.78, 5) is 11.9. The van der Waals surface area contributed by atoms with Crippen LogP contribution in [0.1, 0.15) is 44.2 Å². The Hall–Kier alpha value is -0.870. The van der Waals surface area contributed by atoms with E-state index in [2.05, 4.69) is 21.2 Å². The average molecular weight is 311 g/mol. The standard InChI is InChI=1S/C14H19BrN2O/c1-10(11-3-5-12(15)6-4-11)17-13(18)9-14(16)7-2-8-14/h3-6,10H,2,7-9,16H2,1H3,(H,17,18)/t10-/m0/s1. The summed E-state index contributed by atoms with van der Waals surface area (Å²) in [6, 6.07) is 8.00. The molecule has 3 N–H and O–H groups in total. The number of carbonyl (C=O) groups is 1. The van der Waals surface area contributed by atoms with Crippen LogP contribution in [0.5, 0.6) is 0 Å². The molecule has 1 saturated carbocycles. The van der Waals surface area contributed by atoms with Gasteiger partial charge in [-0.25, -0.2) is 0 Å². The van der Waals surface area contributed by atoms with Crippen LogP contribution in [0.3, 0.4) is 0 Å². The van der Waals surface area contributed by atoms with Gasteiger partial charge in [0.25, 0.3) is 0 Å². The number of nitrogens with one attached hydrogen (secondary N) is 1. The molecular formula is C14H19BrN2O. The Morgan fingerprint density at radius 3 is 2.56 bits per heavy atom. The number of hydrogen-bond donors (Lipinski definition) is 2. The lowest BCUT2D eigenvalue weighted by molar-refractivity contribution is -0.123. The van der Waals surface area contributed by atoms with Crippen LogP contribution < -0.4 is 11.1 Å². The molecular weight excluding hydrogens is 292 g/mol. The summed E-state index contributed by atoms with van der Waals surface area (Å²) in [7, 11) is 0. The van der Waals surface area contributed by atoms with E-state index in [1.165, 1.54) is 0 Å². The van der Waals surface area contributed by atoms with Crippen molar-refractivity contribution in [2.75, 3.05) is 0 Å². The van der Waals surface area contributed by atoms with Gasteiger partial charge in [0, 0.05) is 16.4 Å². The number of benzene rings is 1. The molecule has 3 nitrogen and oxygen atoms in total. The number of nitrogens with two attached hydrogens (primary N) is 1. The molecule has 4 heteroatoms. The Kier molecular flexibility index (Phi) is 4.07. The molecule has 1 fully saturated rings. The smallest absolute Gasteiger partial charge is 0.222 e. The van der Waals surface area contributed by atoms with E-state index in [0.29, 0.717) is 6.42 Å². The lowest BCUT2D eigenvalue weighted by Gasteiger charge is -2.37. The molecule has 98 valence electrons. The van der Waals surface area contributed by atoms with Crippen molar-refractivity contribution < 1.29 is 4.79 Å². The highest BCUT2D eigenvalue weighted by Crippen LogP contribution is 2.32. The summed E-state index contributed by atoms with van der Waals surface area (Å²) in [5.41, 5.74) is 6.93. The molecule has 0 bridgehead atoms. The fraction of sp³-hybridized carbons (Fsp3) is 0.500. The fourth-order valence-electron chi connectivity index (χ4n) is 2.25. The first-order valence-electron chi connectivity index (χ1n) is 6.32. The average Bonchev–Trinajstić information content (AvgIpc) is 2.27. The highest BCUT2D eigenvalue weighted by Gasteiger charge is 2.34. The summed E-state index contributed by atoms with van der Waals surface area (Å²) in [5.74, 6) is 0.0487. The predicted octanol–water partition coefficient (Wildman–Crippen LogP) is 2.90. The summed E-state index contributed by atoms with van der Waals surface area (Å²) in [5, 5.41) is 3.01. The van der Waals surface area contributed by atoms with E-state index >= 15 is 0 Å². The first-order valence-corrected chi connectivity index (χ1v) is 7.12. The molecule has 1 aromatic carbocycles. The second-order valence-electron chi connectivity index (χ2n) is 5.23. The maximum atomic E-state index is 11.9. The van der Waals surface area contributed by atoms with Crippen molar-refractivity contribution in [1.82, 2.24) is 5.32 Å². The number of amides is 1. The molecule has 0 heterocycles. The lowest BCUT2D eigenvalue weighted by atomic mass is 9.75. The van der Waals surface area contributed by atoms with Gasteiger partial charge in [-0.05, 0) is 43.9 Å². The van der Waals surface area contributed by atoms with Gasteiger partial charge in [-0.2, -0.15) is 0 Å². The highest BCUT2D eigenvalue weighted by atomic mass is 79.9. The number of carbonyl (C=O) groups excluding carboxylic acids is 1. The van der Waals surface area contributed by atoms with E-state index in [1.54, 1.807) is 0 Å². The van der Waals surface area contributed by atoms with Gasteiger partial charge in [-0.15, -0.1) is 0 Å². The van der Waals surface area contributed by atoms with Gasteiger partial charge in [0.1, 0.15) is 0 Å². The van der Waals surface area contributed by atoms with E-state index in [0.717, 1.165) is 29.3 Å². The maximum Gasteiger partial charge on any atom is 0.222 e. The van der Waals surface area contributed by atoms with Crippen molar-refractivity contribution in [1.29, 1.82) is 0 Å². The van der Waals surface area contributed by atoms with E-state index in [4.69, 9.17) is 5.73 Å². The van der Waals surface area contributed by atoms with Crippen LogP contribution in [0.15, 0.2) is 28.7 Å². The van der Waals surface area contributed by atoms with Crippen LogP contribution in [0.2, 0.25) is 0 Å². The Balaban J connectivity index is 1.88. The molecule has 1 aliphatic carbocycles. The number of halogens is 1. The Bertz CT molecular complexity index is 426. The van der Waals surface area contributed by atoms with Crippen LogP contribution in [0.25, 0.3) is 0 Å². The highest BCUT2D eigenvalue weighted by molar-refractivity contribution is 9.10. The SMILES string of the molecule is C[C@H](NC(=O)CC1(N)CCC1)c1ccc(Br)cc1. The predicted molar refractivity (Wildman–Crippen MR) is 76.1 cm³/mol. The monoisotopic (exact) mass is 310 g/mol. The van der Waals surface area contributed by atoms with Crippen LogP contribution >= 0.6 is 15.9 Å². The van der Waals surface area contributed by atoms with Gasteiger partial charge < -0.3 is 11.1 Å². The summed E-state index contributed by atoms with van der Waals surface area (Å²) >= 11 is 3.40. The second kappa shape index (κ2) is 5.41. The first kappa shape index (κ1) is 13.6. The van der Waals surface area contributed by atoms with Crippen molar-refractivity contribution in [3.05, 3.63) is 34.3 Å². The van der Waals surface area contributed by atoms with E-state index in [1.807, 2.05) is 31.2 Å². The lowest BCUT2D eigenvalue weighted by Crippen LogP contribution is -2.50. The molecule has 18 heavy (non-hydrogen) atoms. The molecule has 0 aliphatic heterocycles. The topological polar surface area (TPSA) is 55.1 Å². The minimum atomic E-state index is -0.247. The van der Waals surface area contributed by atoms with Crippen molar-refractivity contribution in [3.8, 4) is 0 Å². The third kappa shape index (κ3) is 3.33. The fourth-order valence-corrected chi connectivity index (χ4v) is 2.52. The normalized spacial score (nSPS) is 18.8. The first-order chi connectivity index (χ1) is 8.48. The molecule has 1 amide bonds. The Morgan fingerprint density at radius 1 is 1.44 bits per heavy atom. The maximum absolute atomic E-state index is 11.9. The molecule has 0 aromatic heterocycles. The van der Waals surface area contributed by atoms with Gasteiger partial charge in [-0.1, -0.05) is 28.1 Å². The third-order valence-electron chi connectivity index (χ3n) is 3.61. The van der Waals surface area contributed by atoms with Crippen LogP contribution in [0, 0.1) is 0 Å². The number of rotatable bonds is 4. The summed E-state index contributed by atoms with van der Waals surface area (Å²) < 4.78 is 1.04. The zero-order chi connectivity index (χ0) is 13.2. The van der Waals surface area contributed by atoms with Crippen LogP contribution in [-0.2, 0) is 4.79 Å². The van der Waals surface area contributed by atoms with Crippen molar-refractivity contribution in [2.45, 2.75) is 44.2 Å². The third-order valence-corrected chi connectivity index (χ3v) is 4.14. The van der Waals surface area contributed by atoms with Gasteiger partial charge in [0.15, 0.2) is 0 Å². The van der Waals surface area contributed by atoms with E-state index < -0.39 is 0 Å². The van der Waals surface area contributed by atoms with Crippen molar-refractivity contribution in [2.24, 2.45) is 5.73 Å². The quantitative estimate of drug-likeness (QED) is 0.898. The Labute approximate surface area is 116 Å². The molecule has 0 spiro atoms. The van der Waals surface area contributed by atoms with Crippen LogP contribution in [0.4, 0.5) is 0 Å². The Morgan fingerprint density at radius 2 is 2.06 bits per heavy atom. The minimum absolute atomic E-state index is 0.0225. The minimum Gasteiger partial charge on any atom is -0.350 e. The molecule has 0 unspecified atom stereocenters. The summed E-state index contributed by atoms with van der Waals surface area (Å²) in [6.07, 6.45) is 3.51. The largest absolute Gasteiger partial charge is 0.350 e. The van der Waals surface area contributed by atoms with Gasteiger partial charge in [-0.3, -0.25) is 4.79 Å². The van der Waals surface area contributed by atoms with E-state index in [9.17, 15) is 4.79 Å². The molecule has 1 aliphatic rings. The van der Waals surface area contributed by atoms with Crippen LogP contribution in [-0.4, -0.2) is 11.4 Å². The van der Waals surface area contributed by atoms with Crippen molar-refractivity contribution >= 4 is 21.8 Å². The van der Waals surface area contributed by atoms with Gasteiger partial charge >= 0.3 is 0 Å². The zero-order valence-corrected chi connectivity index (χ0v) is 12.2. The van der Waals surface area contributed by atoms with Gasteiger partial charge in [0.05, 0.1) is 6.04 Å². The zero-order valence-electron chi connectivity index (χ0n) is 10.6. The van der Waals surface area contributed by atoms with Crippen molar-refractivity contribution in [3.63, 3.8) is 0 Å². The molecule has 1 atom stereocenters. The van der Waals surface area contributed by atoms with E-state index in [-0.39, 0.29) is 17.5 Å². The molecule has 0 saturated heterocycles. The summed E-state index contributed by atoms with van der Waals surface area (Å²) in [6.45, 7) is 1.99. The molecule has 1 aromatic rings. The molecule has 2 rings (SSSR count).